The molecule has 2 heterocycles. The summed E-state index contributed by atoms with van der Waals surface area (Å²) >= 11 is 5.93. The molecule has 19 heavy (non-hydrogen) atoms. The maximum atomic E-state index is 5.93. The summed E-state index contributed by atoms with van der Waals surface area (Å²) in [5.41, 5.74) is 3.17. The van der Waals surface area contributed by atoms with E-state index < -0.39 is 0 Å². The summed E-state index contributed by atoms with van der Waals surface area (Å²) in [5, 5.41) is 4.58. The molecule has 4 nitrogen and oxygen atoms in total. The summed E-state index contributed by atoms with van der Waals surface area (Å²) in [5.74, 6) is 1.66. The van der Waals surface area contributed by atoms with E-state index in [1.807, 2.05) is 11.6 Å². The fraction of sp³-hybridized carbons (Fsp3) is 0.714. The number of aromatic nitrogens is 4. The van der Waals surface area contributed by atoms with Crippen molar-refractivity contribution >= 4 is 22.8 Å². The standard InChI is InChI=1S/C14H23ClN4/c1-6-14(4,5)19-11(8-9-15)16-12-10(3)17-18(7-2)13(12)19/h6-9H2,1-5H3. The average Bonchev–Trinajstić information content (AvgIpc) is 2.88. The van der Waals surface area contributed by atoms with Crippen LogP contribution in [0.3, 0.4) is 0 Å². The van der Waals surface area contributed by atoms with Gasteiger partial charge in [-0.15, -0.1) is 11.6 Å². The lowest BCUT2D eigenvalue weighted by Crippen LogP contribution is -2.28. The molecule has 0 aliphatic carbocycles. The van der Waals surface area contributed by atoms with Crippen LogP contribution in [0.25, 0.3) is 11.2 Å². The summed E-state index contributed by atoms with van der Waals surface area (Å²) in [6, 6.07) is 0. The summed E-state index contributed by atoms with van der Waals surface area (Å²) in [6.07, 6.45) is 1.84. The van der Waals surface area contributed by atoms with Gasteiger partial charge in [-0.25, -0.2) is 9.67 Å². The van der Waals surface area contributed by atoms with Crippen molar-refractivity contribution in [1.82, 2.24) is 19.3 Å². The number of alkyl halides is 1. The fourth-order valence-electron chi connectivity index (χ4n) is 2.48. The van der Waals surface area contributed by atoms with Crippen LogP contribution in [0.15, 0.2) is 0 Å². The van der Waals surface area contributed by atoms with E-state index in [1.54, 1.807) is 0 Å². The van der Waals surface area contributed by atoms with Crippen molar-refractivity contribution in [3.05, 3.63) is 11.5 Å². The number of rotatable bonds is 5. The zero-order valence-corrected chi connectivity index (χ0v) is 13.3. The third-order valence-electron chi connectivity index (χ3n) is 3.87. The Morgan fingerprint density at radius 3 is 2.47 bits per heavy atom. The molecule has 0 saturated carbocycles. The molecular weight excluding hydrogens is 260 g/mol. The predicted octanol–water partition coefficient (Wildman–Crippen LogP) is 3.49. The summed E-state index contributed by atoms with van der Waals surface area (Å²) in [4.78, 5) is 4.78. The highest BCUT2D eigenvalue weighted by Crippen LogP contribution is 2.29. The SMILES string of the molecule is CCn1nc(C)c2nc(CCCl)n(C(C)(C)CC)c21. The van der Waals surface area contributed by atoms with Crippen molar-refractivity contribution in [3.63, 3.8) is 0 Å². The number of aryl methyl sites for hydroxylation is 3. The molecule has 0 unspecified atom stereocenters. The summed E-state index contributed by atoms with van der Waals surface area (Å²) in [7, 11) is 0. The van der Waals surface area contributed by atoms with Gasteiger partial charge in [0, 0.05) is 24.4 Å². The quantitative estimate of drug-likeness (QED) is 0.787. The van der Waals surface area contributed by atoms with Crippen LogP contribution in [-0.4, -0.2) is 25.2 Å². The Morgan fingerprint density at radius 2 is 1.95 bits per heavy atom. The first-order chi connectivity index (χ1) is 8.96. The van der Waals surface area contributed by atoms with Gasteiger partial charge in [-0.2, -0.15) is 5.10 Å². The highest BCUT2D eigenvalue weighted by Gasteiger charge is 2.27. The second kappa shape index (κ2) is 5.16. The Kier molecular flexibility index (Phi) is 3.90. The largest absolute Gasteiger partial charge is 0.307 e. The molecule has 0 bridgehead atoms. The van der Waals surface area contributed by atoms with Crippen LogP contribution in [0.1, 0.15) is 45.6 Å². The van der Waals surface area contributed by atoms with Crippen LogP contribution in [-0.2, 0) is 18.5 Å². The van der Waals surface area contributed by atoms with Crippen molar-refractivity contribution in [1.29, 1.82) is 0 Å². The number of hydrogen-bond acceptors (Lipinski definition) is 2. The Hall–Kier alpha value is -1.03. The van der Waals surface area contributed by atoms with E-state index in [9.17, 15) is 0 Å². The monoisotopic (exact) mass is 282 g/mol. The predicted molar refractivity (Wildman–Crippen MR) is 80.0 cm³/mol. The van der Waals surface area contributed by atoms with E-state index >= 15 is 0 Å². The molecule has 2 rings (SSSR count). The van der Waals surface area contributed by atoms with Gasteiger partial charge in [-0.1, -0.05) is 6.92 Å². The van der Waals surface area contributed by atoms with E-state index in [-0.39, 0.29) is 5.54 Å². The molecule has 0 spiro atoms. The third kappa shape index (κ3) is 2.27. The first kappa shape index (κ1) is 14.4. The number of hydrogen-bond donors (Lipinski definition) is 0. The van der Waals surface area contributed by atoms with Gasteiger partial charge in [-0.05, 0) is 34.1 Å². The van der Waals surface area contributed by atoms with Crippen molar-refractivity contribution in [2.75, 3.05) is 5.88 Å². The van der Waals surface area contributed by atoms with Crippen LogP contribution < -0.4 is 0 Å². The highest BCUT2D eigenvalue weighted by atomic mass is 35.5. The summed E-state index contributed by atoms with van der Waals surface area (Å²) in [6.45, 7) is 11.7. The number of fused-ring (bicyclic) bond motifs is 1. The molecule has 0 atom stereocenters. The van der Waals surface area contributed by atoms with Crippen LogP contribution in [0, 0.1) is 6.92 Å². The molecule has 0 N–H and O–H groups in total. The van der Waals surface area contributed by atoms with Crippen LogP contribution in [0.4, 0.5) is 0 Å². The lowest BCUT2D eigenvalue weighted by atomic mass is 10.0. The van der Waals surface area contributed by atoms with Gasteiger partial charge < -0.3 is 4.57 Å². The first-order valence-corrected chi connectivity index (χ1v) is 7.50. The van der Waals surface area contributed by atoms with E-state index in [1.165, 1.54) is 0 Å². The minimum atomic E-state index is 0.0233. The summed E-state index contributed by atoms with van der Waals surface area (Å²) < 4.78 is 4.38. The van der Waals surface area contributed by atoms with E-state index in [0.29, 0.717) is 5.88 Å². The van der Waals surface area contributed by atoms with E-state index in [0.717, 1.165) is 42.1 Å². The zero-order chi connectivity index (χ0) is 14.2. The number of halogens is 1. The molecule has 106 valence electrons. The average molecular weight is 283 g/mol. The molecule has 0 saturated heterocycles. The lowest BCUT2D eigenvalue weighted by Gasteiger charge is -2.28. The minimum absolute atomic E-state index is 0.0233. The molecule has 5 heteroatoms. The number of imidazole rings is 1. The van der Waals surface area contributed by atoms with Gasteiger partial charge in [0.15, 0.2) is 5.65 Å². The Labute approximate surface area is 119 Å². The Morgan fingerprint density at radius 1 is 1.26 bits per heavy atom. The zero-order valence-electron chi connectivity index (χ0n) is 12.5. The molecule has 0 aliphatic rings. The topological polar surface area (TPSA) is 35.6 Å². The molecular formula is C14H23ClN4. The van der Waals surface area contributed by atoms with Crippen molar-refractivity contribution < 1.29 is 0 Å². The van der Waals surface area contributed by atoms with Gasteiger partial charge >= 0.3 is 0 Å². The van der Waals surface area contributed by atoms with Crippen molar-refractivity contribution in [2.45, 2.75) is 59.5 Å². The van der Waals surface area contributed by atoms with Crippen molar-refractivity contribution in [2.24, 2.45) is 0 Å². The third-order valence-corrected chi connectivity index (χ3v) is 4.06. The highest BCUT2D eigenvalue weighted by molar-refractivity contribution is 6.17. The lowest BCUT2D eigenvalue weighted by molar-refractivity contribution is 0.336. The van der Waals surface area contributed by atoms with Crippen LogP contribution >= 0.6 is 11.6 Å². The van der Waals surface area contributed by atoms with E-state index in [4.69, 9.17) is 16.6 Å². The van der Waals surface area contributed by atoms with Crippen molar-refractivity contribution in [3.8, 4) is 0 Å². The van der Waals surface area contributed by atoms with E-state index in [2.05, 4.69) is 37.4 Å². The normalized spacial score (nSPS) is 12.5. The Bertz CT molecular complexity index is 580. The maximum Gasteiger partial charge on any atom is 0.159 e. The van der Waals surface area contributed by atoms with Gasteiger partial charge in [0.2, 0.25) is 0 Å². The second-order valence-electron chi connectivity index (χ2n) is 5.54. The minimum Gasteiger partial charge on any atom is -0.307 e. The molecule has 2 aromatic heterocycles. The molecule has 2 aromatic rings. The van der Waals surface area contributed by atoms with Gasteiger partial charge in [0.1, 0.15) is 11.3 Å². The molecule has 0 aliphatic heterocycles. The fourth-order valence-corrected chi connectivity index (χ4v) is 2.65. The smallest absolute Gasteiger partial charge is 0.159 e. The maximum absolute atomic E-state index is 5.93. The Balaban J connectivity index is 2.78. The van der Waals surface area contributed by atoms with Crippen LogP contribution in [0.2, 0.25) is 0 Å². The van der Waals surface area contributed by atoms with Gasteiger partial charge in [0.05, 0.1) is 5.69 Å². The molecule has 0 aromatic carbocycles. The molecule has 0 fully saturated rings. The molecule has 0 radical (unpaired) electrons. The van der Waals surface area contributed by atoms with Gasteiger partial charge in [-0.3, -0.25) is 0 Å². The van der Waals surface area contributed by atoms with Crippen LogP contribution in [0.5, 0.6) is 0 Å². The second-order valence-corrected chi connectivity index (χ2v) is 5.92. The number of nitrogens with zero attached hydrogens (tertiary/aromatic N) is 4. The molecule has 0 amide bonds. The van der Waals surface area contributed by atoms with Gasteiger partial charge in [0.25, 0.3) is 0 Å². The first-order valence-electron chi connectivity index (χ1n) is 6.97.